The SMILES string of the molecule is Cc1ccc(OCC(=O)N(Cc2ccc(Br)cc2)C(C)C(=O)NC(C)(C)C)cc1C. The fraction of sp³-hybridized carbons (Fsp3) is 0.417. The molecule has 0 aliphatic rings. The largest absolute Gasteiger partial charge is 0.484 e. The summed E-state index contributed by atoms with van der Waals surface area (Å²) in [5.41, 5.74) is 2.82. The molecule has 2 aromatic carbocycles. The van der Waals surface area contributed by atoms with Crippen LogP contribution in [-0.2, 0) is 16.1 Å². The Morgan fingerprint density at radius 2 is 1.70 bits per heavy atom. The van der Waals surface area contributed by atoms with Gasteiger partial charge in [0.05, 0.1) is 0 Å². The lowest BCUT2D eigenvalue weighted by molar-refractivity contribution is -0.142. The smallest absolute Gasteiger partial charge is 0.261 e. The summed E-state index contributed by atoms with van der Waals surface area (Å²) in [4.78, 5) is 27.4. The molecule has 0 aromatic heterocycles. The van der Waals surface area contributed by atoms with E-state index < -0.39 is 6.04 Å². The van der Waals surface area contributed by atoms with Crippen LogP contribution in [0.25, 0.3) is 0 Å². The third-order valence-electron chi connectivity index (χ3n) is 4.77. The van der Waals surface area contributed by atoms with Crippen LogP contribution in [0.15, 0.2) is 46.9 Å². The van der Waals surface area contributed by atoms with Crippen molar-refractivity contribution in [3.05, 3.63) is 63.6 Å². The lowest BCUT2D eigenvalue weighted by Gasteiger charge is -2.31. The number of rotatable bonds is 7. The van der Waals surface area contributed by atoms with Gasteiger partial charge in [-0.1, -0.05) is 34.1 Å². The van der Waals surface area contributed by atoms with E-state index in [1.54, 1.807) is 11.8 Å². The molecule has 6 heteroatoms. The third kappa shape index (κ3) is 7.17. The molecule has 1 N–H and O–H groups in total. The zero-order valence-corrected chi connectivity index (χ0v) is 20.2. The van der Waals surface area contributed by atoms with Gasteiger partial charge in [0.2, 0.25) is 5.91 Å². The van der Waals surface area contributed by atoms with Crippen LogP contribution >= 0.6 is 15.9 Å². The van der Waals surface area contributed by atoms with Crippen molar-refractivity contribution in [2.45, 2.75) is 59.7 Å². The number of aryl methyl sites for hydroxylation is 2. The molecule has 1 unspecified atom stereocenters. The van der Waals surface area contributed by atoms with Gasteiger partial charge in [-0.2, -0.15) is 0 Å². The quantitative estimate of drug-likeness (QED) is 0.628. The number of nitrogens with one attached hydrogen (secondary N) is 1. The van der Waals surface area contributed by atoms with Crippen LogP contribution < -0.4 is 10.1 Å². The van der Waals surface area contributed by atoms with Gasteiger partial charge in [0, 0.05) is 16.6 Å². The number of carbonyl (C=O) groups is 2. The molecule has 5 nitrogen and oxygen atoms in total. The van der Waals surface area contributed by atoms with Crippen molar-refractivity contribution in [3.8, 4) is 5.75 Å². The average Bonchev–Trinajstić information content (AvgIpc) is 2.66. The van der Waals surface area contributed by atoms with Crippen molar-refractivity contribution in [3.63, 3.8) is 0 Å². The Bertz CT molecular complexity index is 888. The molecule has 0 saturated carbocycles. The zero-order chi connectivity index (χ0) is 22.5. The molecule has 0 aliphatic carbocycles. The van der Waals surface area contributed by atoms with Gasteiger partial charge in [0.15, 0.2) is 6.61 Å². The Kier molecular flexibility index (Phi) is 8.07. The minimum atomic E-state index is -0.635. The van der Waals surface area contributed by atoms with Gasteiger partial charge in [-0.25, -0.2) is 0 Å². The molecule has 2 rings (SSSR count). The van der Waals surface area contributed by atoms with Crippen LogP contribution in [0.2, 0.25) is 0 Å². The standard InChI is InChI=1S/C24H31BrN2O3/c1-16-7-12-21(13-17(16)2)30-15-22(28)27(14-19-8-10-20(25)11-9-19)18(3)23(29)26-24(4,5)6/h7-13,18H,14-15H2,1-6H3,(H,26,29). The summed E-state index contributed by atoms with van der Waals surface area (Å²) in [5, 5.41) is 2.96. The minimum absolute atomic E-state index is 0.133. The van der Waals surface area contributed by atoms with E-state index in [-0.39, 0.29) is 24.0 Å². The first-order valence-electron chi connectivity index (χ1n) is 10.0. The second-order valence-corrected chi connectivity index (χ2v) is 9.51. The Labute approximate surface area is 187 Å². The Morgan fingerprint density at radius 1 is 1.07 bits per heavy atom. The molecule has 2 amide bonds. The van der Waals surface area contributed by atoms with Gasteiger partial charge in [-0.3, -0.25) is 9.59 Å². The van der Waals surface area contributed by atoms with Crippen LogP contribution in [0.4, 0.5) is 0 Å². The van der Waals surface area contributed by atoms with Gasteiger partial charge in [-0.15, -0.1) is 0 Å². The van der Waals surface area contributed by atoms with E-state index in [1.807, 2.05) is 77.1 Å². The number of ether oxygens (including phenoxy) is 1. The van der Waals surface area contributed by atoms with Gasteiger partial charge < -0.3 is 15.0 Å². The summed E-state index contributed by atoms with van der Waals surface area (Å²) in [6, 6.07) is 12.8. The van der Waals surface area contributed by atoms with Crippen molar-refractivity contribution < 1.29 is 14.3 Å². The van der Waals surface area contributed by atoms with E-state index in [1.165, 1.54) is 0 Å². The molecule has 0 heterocycles. The summed E-state index contributed by atoms with van der Waals surface area (Å²) in [5.74, 6) is 0.202. The maximum Gasteiger partial charge on any atom is 0.261 e. The lowest BCUT2D eigenvalue weighted by atomic mass is 10.1. The summed E-state index contributed by atoms with van der Waals surface area (Å²) < 4.78 is 6.70. The van der Waals surface area contributed by atoms with Crippen molar-refractivity contribution >= 4 is 27.7 Å². The molecule has 0 saturated heterocycles. The lowest BCUT2D eigenvalue weighted by Crippen LogP contribution is -2.53. The molecule has 0 aliphatic heterocycles. The predicted molar refractivity (Wildman–Crippen MR) is 123 cm³/mol. The molecule has 1 atom stereocenters. The van der Waals surface area contributed by atoms with E-state index in [0.717, 1.165) is 21.2 Å². The highest BCUT2D eigenvalue weighted by Crippen LogP contribution is 2.18. The van der Waals surface area contributed by atoms with Crippen LogP contribution in [0.3, 0.4) is 0 Å². The zero-order valence-electron chi connectivity index (χ0n) is 18.6. The fourth-order valence-corrected chi connectivity index (χ4v) is 3.14. The first kappa shape index (κ1) is 23.9. The van der Waals surface area contributed by atoms with Crippen LogP contribution in [0, 0.1) is 13.8 Å². The van der Waals surface area contributed by atoms with Crippen LogP contribution in [0.5, 0.6) is 5.75 Å². The van der Waals surface area contributed by atoms with Gasteiger partial charge >= 0.3 is 0 Å². The Balaban J connectivity index is 2.17. The minimum Gasteiger partial charge on any atom is -0.484 e. The maximum atomic E-state index is 13.1. The van der Waals surface area contributed by atoms with Crippen molar-refractivity contribution in [1.29, 1.82) is 0 Å². The molecule has 0 radical (unpaired) electrons. The number of hydrogen-bond donors (Lipinski definition) is 1. The molecule has 30 heavy (non-hydrogen) atoms. The number of amides is 2. The summed E-state index contributed by atoms with van der Waals surface area (Å²) in [7, 11) is 0. The first-order valence-corrected chi connectivity index (χ1v) is 10.8. The monoisotopic (exact) mass is 474 g/mol. The van der Waals surface area contributed by atoms with Crippen molar-refractivity contribution in [2.24, 2.45) is 0 Å². The number of halogens is 1. The Morgan fingerprint density at radius 3 is 2.27 bits per heavy atom. The molecular weight excluding hydrogens is 444 g/mol. The molecular formula is C24H31BrN2O3. The van der Waals surface area contributed by atoms with Gasteiger partial charge in [-0.05, 0) is 82.5 Å². The van der Waals surface area contributed by atoms with E-state index in [4.69, 9.17) is 4.74 Å². The van der Waals surface area contributed by atoms with Gasteiger partial charge in [0.1, 0.15) is 11.8 Å². The van der Waals surface area contributed by atoms with Crippen LogP contribution in [0.1, 0.15) is 44.4 Å². The molecule has 2 aromatic rings. The fourth-order valence-electron chi connectivity index (χ4n) is 2.87. The third-order valence-corrected chi connectivity index (χ3v) is 5.30. The maximum absolute atomic E-state index is 13.1. The topological polar surface area (TPSA) is 58.6 Å². The van der Waals surface area contributed by atoms with Crippen molar-refractivity contribution in [1.82, 2.24) is 10.2 Å². The van der Waals surface area contributed by atoms with E-state index in [0.29, 0.717) is 12.3 Å². The second kappa shape index (κ2) is 10.1. The predicted octanol–water partition coefficient (Wildman–Crippen LogP) is 4.78. The number of nitrogens with zero attached hydrogens (tertiary/aromatic N) is 1. The van der Waals surface area contributed by atoms with Crippen molar-refractivity contribution in [2.75, 3.05) is 6.61 Å². The second-order valence-electron chi connectivity index (χ2n) is 8.60. The molecule has 0 spiro atoms. The first-order chi connectivity index (χ1) is 14.0. The molecule has 162 valence electrons. The number of benzene rings is 2. The summed E-state index contributed by atoms with van der Waals surface area (Å²) in [6.45, 7) is 11.7. The highest BCUT2D eigenvalue weighted by molar-refractivity contribution is 9.10. The highest BCUT2D eigenvalue weighted by Gasteiger charge is 2.28. The highest BCUT2D eigenvalue weighted by atomic mass is 79.9. The van der Waals surface area contributed by atoms with Gasteiger partial charge in [0.25, 0.3) is 5.91 Å². The van der Waals surface area contributed by atoms with E-state index in [2.05, 4.69) is 21.2 Å². The molecule has 0 fully saturated rings. The van der Waals surface area contributed by atoms with Crippen LogP contribution in [-0.4, -0.2) is 34.9 Å². The molecule has 0 bridgehead atoms. The summed E-state index contributed by atoms with van der Waals surface area (Å²) in [6.07, 6.45) is 0. The van der Waals surface area contributed by atoms with E-state index in [9.17, 15) is 9.59 Å². The number of hydrogen-bond acceptors (Lipinski definition) is 3. The normalized spacial score (nSPS) is 12.2. The average molecular weight is 475 g/mol. The number of carbonyl (C=O) groups excluding carboxylic acids is 2. The Hall–Kier alpha value is -2.34. The summed E-state index contributed by atoms with van der Waals surface area (Å²) >= 11 is 3.42. The van der Waals surface area contributed by atoms with E-state index >= 15 is 0 Å².